The molecule has 0 spiro atoms. The molecule has 3 atom stereocenters. The quantitative estimate of drug-likeness (QED) is 0.803. The number of nitrogens with one attached hydrogen (secondary N) is 1. The van der Waals surface area contributed by atoms with Crippen LogP contribution in [-0.4, -0.2) is 44.5 Å². The summed E-state index contributed by atoms with van der Waals surface area (Å²) in [6.07, 6.45) is 1.75. The van der Waals surface area contributed by atoms with E-state index >= 15 is 0 Å². The number of aliphatic carboxylic acids is 1. The number of hydrogen-bond acceptors (Lipinski definition) is 4. The van der Waals surface area contributed by atoms with Crippen molar-refractivity contribution >= 4 is 29.5 Å². The van der Waals surface area contributed by atoms with Gasteiger partial charge in [-0.15, -0.1) is 11.8 Å². The highest BCUT2D eigenvalue weighted by molar-refractivity contribution is 8.00. The molecule has 120 valence electrons. The first-order chi connectivity index (χ1) is 11.0. The van der Waals surface area contributed by atoms with Crippen molar-refractivity contribution < 1.29 is 19.5 Å². The predicted molar refractivity (Wildman–Crippen MR) is 85.5 cm³/mol. The summed E-state index contributed by atoms with van der Waals surface area (Å²) in [6.45, 7) is 1.87. The van der Waals surface area contributed by atoms with Gasteiger partial charge in [0, 0.05) is 5.25 Å². The van der Waals surface area contributed by atoms with E-state index in [1.165, 1.54) is 16.7 Å². The number of β-lactam (4-membered cyclic amide) rings is 1. The van der Waals surface area contributed by atoms with E-state index in [-0.39, 0.29) is 34.6 Å². The molecule has 0 bridgehead atoms. The van der Waals surface area contributed by atoms with Crippen LogP contribution in [0.5, 0.6) is 0 Å². The number of carbonyl (C=O) groups excluding carboxylic acids is 2. The minimum atomic E-state index is -1.12. The summed E-state index contributed by atoms with van der Waals surface area (Å²) in [5.74, 6) is -1.73. The van der Waals surface area contributed by atoms with Gasteiger partial charge in [0.15, 0.2) is 0 Å². The molecule has 1 aromatic rings. The van der Waals surface area contributed by atoms with E-state index in [9.17, 15) is 19.5 Å². The molecule has 1 saturated heterocycles. The fourth-order valence-electron chi connectivity index (χ4n) is 2.73. The molecule has 2 heterocycles. The molecule has 6 nitrogen and oxygen atoms in total. The molecule has 2 N–H and O–H groups in total. The van der Waals surface area contributed by atoms with Crippen LogP contribution in [0.1, 0.15) is 12.5 Å². The third-order valence-electron chi connectivity index (χ3n) is 3.79. The number of carbonyl (C=O) groups is 3. The Morgan fingerprint density at radius 3 is 2.65 bits per heavy atom. The number of amides is 2. The van der Waals surface area contributed by atoms with E-state index in [2.05, 4.69) is 5.32 Å². The van der Waals surface area contributed by atoms with Crippen LogP contribution in [0, 0.1) is 0 Å². The molecule has 2 aliphatic heterocycles. The van der Waals surface area contributed by atoms with Crippen molar-refractivity contribution in [2.45, 2.75) is 30.0 Å². The van der Waals surface area contributed by atoms with Gasteiger partial charge in [0.2, 0.25) is 5.91 Å². The third-order valence-corrected chi connectivity index (χ3v) is 5.12. The molecular formula is C16H16N2O4S. The molecule has 23 heavy (non-hydrogen) atoms. The highest BCUT2D eigenvalue weighted by Gasteiger charge is 2.53. The highest BCUT2D eigenvalue weighted by atomic mass is 32.2. The number of benzene rings is 1. The fourth-order valence-corrected chi connectivity index (χ4v) is 4.06. The SMILES string of the molecule is CC1C=C(C(=O)O)N2C(=O)C(NC(=O)Cc3ccccc3)[C@@H]2S1. The van der Waals surface area contributed by atoms with Crippen LogP contribution < -0.4 is 5.32 Å². The maximum Gasteiger partial charge on any atom is 0.352 e. The van der Waals surface area contributed by atoms with E-state index in [4.69, 9.17) is 0 Å². The van der Waals surface area contributed by atoms with Gasteiger partial charge >= 0.3 is 5.97 Å². The van der Waals surface area contributed by atoms with E-state index < -0.39 is 12.0 Å². The van der Waals surface area contributed by atoms with Crippen LogP contribution in [0.4, 0.5) is 0 Å². The summed E-state index contributed by atoms with van der Waals surface area (Å²) >= 11 is 1.47. The van der Waals surface area contributed by atoms with Crippen molar-refractivity contribution in [1.82, 2.24) is 10.2 Å². The first-order valence-electron chi connectivity index (χ1n) is 7.24. The second-order valence-corrected chi connectivity index (χ2v) is 7.00. The predicted octanol–water partition coefficient (Wildman–Crippen LogP) is 0.986. The fraction of sp³-hybridized carbons (Fsp3) is 0.312. The standard InChI is InChI=1S/C16H16N2O4S/c1-9-7-11(16(21)22)18-14(20)13(15(18)23-9)17-12(19)8-10-5-3-2-4-6-10/h2-7,9,13,15H,8H2,1H3,(H,17,19)(H,21,22)/t9?,13?,15-/m0/s1. The van der Waals surface area contributed by atoms with Gasteiger partial charge in [-0.2, -0.15) is 0 Å². The second kappa shape index (κ2) is 6.08. The molecule has 0 aromatic heterocycles. The lowest BCUT2D eigenvalue weighted by Gasteiger charge is -2.49. The van der Waals surface area contributed by atoms with Crippen molar-refractivity contribution in [3.63, 3.8) is 0 Å². The van der Waals surface area contributed by atoms with Gasteiger partial charge in [-0.1, -0.05) is 30.3 Å². The topological polar surface area (TPSA) is 86.7 Å². The summed E-state index contributed by atoms with van der Waals surface area (Å²) in [5.41, 5.74) is 0.865. The van der Waals surface area contributed by atoms with E-state index in [0.717, 1.165) is 5.56 Å². The van der Waals surface area contributed by atoms with E-state index in [0.29, 0.717) is 0 Å². The largest absolute Gasteiger partial charge is 0.477 e. The zero-order valence-corrected chi connectivity index (χ0v) is 13.2. The first kappa shape index (κ1) is 15.6. The van der Waals surface area contributed by atoms with Crippen molar-refractivity contribution in [2.24, 2.45) is 0 Å². The molecule has 2 unspecified atom stereocenters. The van der Waals surface area contributed by atoms with Crippen molar-refractivity contribution in [3.8, 4) is 0 Å². The number of hydrogen-bond donors (Lipinski definition) is 2. The minimum absolute atomic E-state index is 0.000177. The third kappa shape index (κ3) is 2.96. The van der Waals surface area contributed by atoms with Gasteiger partial charge < -0.3 is 10.4 Å². The maximum atomic E-state index is 12.2. The Kier molecular flexibility index (Phi) is 4.12. The van der Waals surface area contributed by atoms with Crippen LogP contribution >= 0.6 is 11.8 Å². The first-order valence-corrected chi connectivity index (χ1v) is 8.18. The number of fused-ring (bicyclic) bond motifs is 1. The molecular weight excluding hydrogens is 316 g/mol. The summed E-state index contributed by atoms with van der Waals surface area (Å²) in [7, 11) is 0. The normalized spacial score (nSPS) is 26.0. The monoisotopic (exact) mass is 332 g/mol. The Bertz CT molecular complexity index is 689. The average Bonchev–Trinajstić information content (AvgIpc) is 2.52. The zero-order chi connectivity index (χ0) is 16.6. The Balaban J connectivity index is 1.67. The minimum Gasteiger partial charge on any atom is -0.477 e. The van der Waals surface area contributed by atoms with Gasteiger partial charge in [0.1, 0.15) is 17.1 Å². The number of thioether (sulfide) groups is 1. The molecule has 1 aromatic carbocycles. The lowest BCUT2D eigenvalue weighted by Crippen LogP contribution is -2.70. The molecule has 0 radical (unpaired) electrons. The van der Waals surface area contributed by atoms with Crippen molar-refractivity contribution in [2.75, 3.05) is 0 Å². The van der Waals surface area contributed by atoms with E-state index in [1.54, 1.807) is 6.08 Å². The number of carboxylic acids is 1. The molecule has 2 aliphatic rings. The van der Waals surface area contributed by atoms with Crippen molar-refractivity contribution in [1.29, 1.82) is 0 Å². The highest BCUT2D eigenvalue weighted by Crippen LogP contribution is 2.40. The van der Waals surface area contributed by atoms with Crippen LogP contribution in [0.25, 0.3) is 0 Å². The van der Waals surface area contributed by atoms with Gasteiger partial charge in [0.05, 0.1) is 6.42 Å². The van der Waals surface area contributed by atoms with Crippen molar-refractivity contribution in [3.05, 3.63) is 47.7 Å². The van der Waals surface area contributed by atoms with Crippen LogP contribution in [0.15, 0.2) is 42.1 Å². The number of carboxylic acid groups (broad SMARTS) is 1. The summed E-state index contributed by atoms with van der Waals surface area (Å²) in [5, 5.41) is 11.5. The van der Waals surface area contributed by atoms with Gasteiger partial charge in [-0.25, -0.2) is 4.79 Å². The molecule has 0 saturated carbocycles. The van der Waals surface area contributed by atoms with Crippen LogP contribution in [0.3, 0.4) is 0 Å². The Labute approximate surface area is 137 Å². The average molecular weight is 332 g/mol. The Morgan fingerprint density at radius 2 is 2.00 bits per heavy atom. The van der Waals surface area contributed by atoms with Crippen LogP contribution in [0.2, 0.25) is 0 Å². The number of nitrogens with zero attached hydrogens (tertiary/aromatic N) is 1. The molecule has 7 heteroatoms. The molecule has 2 amide bonds. The van der Waals surface area contributed by atoms with E-state index in [1.807, 2.05) is 37.3 Å². The Morgan fingerprint density at radius 1 is 1.30 bits per heavy atom. The van der Waals surface area contributed by atoms with Crippen LogP contribution in [-0.2, 0) is 20.8 Å². The molecule has 3 rings (SSSR count). The smallest absolute Gasteiger partial charge is 0.352 e. The van der Waals surface area contributed by atoms with Gasteiger partial charge in [-0.3, -0.25) is 14.5 Å². The number of rotatable bonds is 4. The Hall–Kier alpha value is -2.28. The molecule has 0 aliphatic carbocycles. The zero-order valence-electron chi connectivity index (χ0n) is 12.4. The van der Waals surface area contributed by atoms with Gasteiger partial charge in [0.25, 0.3) is 5.91 Å². The summed E-state index contributed by atoms with van der Waals surface area (Å²) < 4.78 is 0. The second-order valence-electron chi connectivity index (χ2n) is 5.50. The maximum absolute atomic E-state index is 12.2. The summed E-state index contributed by atoms with van der Waals surface area (Å²) in [4.78, 5) is 36.8. The lowest BCUT2D eigenvalue weighted by molar-refractivity contribution is -0.150. The lowest BCUT2D eigenvalue weighted by atomic mass is 10.0. The summed E-state index contributed by atoms with van der Waals surface area (Å²) in [6, 6.07) is 8.59. The van der Waals surface area contributed by atoms with Gasteiger partial charge in [-0.05, 0) is 18.6 Å². The molecule has 1 fully saturated rings.